The number of anilines is 1. The van der Waals surface area contributed by atoms with Crippen molar-refractivity contribution in [1.82, 2.24) is 0 Å². The molecule has 0 saturated carbocycles. The monoisotopic (exact) mass is 235 g/mol. The standard InChI is InChI=1S/C14H18FNO/c1-9-7-10(2)16(8-9)13-6-4-5-12(15)14(13)11(3)17/h4-6,9-10H,7-8H2,1-3H3. The molecule has 0 aromatic heterocycles. The second-order valence-corrected chi connectivity index (χ2v) is 5.03. The van der Waals surface area contributed by atoms with E-state index in [0.717, 1.165) is 18.7 Å². The minimum absolute atomic E-state index is 0.204. The van der Waals surface area contributed by atoms with E-state index in [-0.39, 0.29) is 11.3 Å². The molecule has 1 aliphatic heterocycles. The number of ketones is 1. The summed E-state index contributed by atoms with van der Waals surface area (Å²) in [6.45, 7) is 6.62. The predicted molar refractivity (Wildman–Crippen MR) is 67.0 cm³/mol. The van der Waals surface area contributed by atoms with Crippen LogP contribution in [0.15, 0.2) is 18.2 Å². The molecule has 0 amide bonds. The number of rotatable bonds is 2. The molecule has 1 aromatic carbocycles. The van der Waals surface area contributed by atoms with Crippen LogP contribution in [-0.2, 0) is 0 Å². The van der Waals surface area contributed by atoms with Crippen molar-refractivity contribution in [1.29, 1.82) is 0 Å². The van der Waals surface area contributed by atoms with Gasteiger partial charge in [0.25, 0.3) is 0 Å². The van der Waals surface area contributed by atoms with Crippen molar-refractivity contribution in [3.63, 3.8) is 0 Å². The minimum Gasteiger partial charge on any atom is -0.368 e. The van der Waals surface area contributed by atoms with Gasteiger partial charge in [0.15, 0.2) is 5.78 Å². The van der Waals surface area contributed by atoms with Crippen LogP contribution in [0.1, 0.15) is 37.6 Å². The first-order valence-corrected chi connectivity index (χ1v) is 6.06. The summed E-state index contributed by atoms with van der Waals surface area (Å²) in [7, 11) is 0. The molecule has 2 atom stereocenters. The molecule has 0 radical (unpaired) electrons. The lowest BCUT2D eigenvalue weighted by Crippen LogP contribution is -2.28. The van der Waals surface area contributed by atoms with Crippen LogP contribution in [0, 0.1) is 11.7 Å². The second kappa shape index (κ2) is 4.47. The van der Waals surface area contributed by atoms with E-state index in [1.807, 2.05) is 6.07 Å². The Balaban J connectivity index is 2.45. The van der Waals surface area contributed by atoms with Crippen LogP contribution in [0.2, 0.25) is 0 Å². The van der Waals surface area contributed by atoms with Crippen molar-refractivity contribution in [2.75, 3.05) is 11.4 Å². The first kappa shape index (κ1) is 12.1. The molecule has 0 spiro atoms. The summed E-state index contributed by atoms with van der Waals surface area (Å²) in [5.41, 5.74) is 0.975. The van der Waals surface area contributed by atoms with Crippen molar-refractivity contribution >= 4 is 11.5 Å². The van der Waals surface area contributed by atoms with Crippen LogP contribution in [0.4, 0.5) is 10.1 Å². The van der Waals surface area contributed by atoms with Gasteiger partial charge in [-0.3, -0.25) is 4.79 Å². The molecule has 0 bridgehead atoms. The number of carbonyl (C=O) groups excluding carboxylic acids is 1. The summed E-state index contributed by atoms with van der Waals surface area (Å²) in [4.78, 5) is 13.7. The van der Waals surface area contributed by atoms with Crippen LogP contribution < -0.4 is 4.90 Å². The van der Waals surface area contributed by atoms with Gasteiger partial charge in [-0.15, -0.1) is 0 Å². The van der Waals surface area contributed by atoms with Crippen LogP contribution in [0.5, 0.6) is 0 Å². The van der Waals surface area contributed by atoms with Crippen molar-refractivity contribution in [2.24, 2.45) is 5.92 Å². The van der Waals surface area contributed by atoms with Crippen molar-refractivity contribution in [3.05, 3.63) is 29.6 Å². The fourth-order valence-electron chi connectivity index (χ4n) is 2.74. The average Bonchev–Trinajstić information content (AvgIpc) is 2.56. The fraction of sp³-hybridized carbons (Fsp3) is 0.500. The maximum atomic E-state index is 13.7. The number of Topliss-reactive ketones (excluding diaryl/α,β-unsaturated/α-hetero) is 1. The zero-order valence-corrected chi connectivity index (χ0v) is 10.5. The normalized spacial score (nSPS) is 24.1. The van der Waals surface area contributed by atoms with E-state index in [0.29, 0.717) is 12.0 Å². The minimum atomic E-state index is -0.415. The van der Waals surface area contributed by atoms with E-state index in [2.05, 4.69) is 18.7 Å². The van der Waals surface area contributed by atoms with Crippen LogP contribution in [-0.4, -0.2) is 18.4 Å². The Morgan fingerprint density at radius 1 is 1.41 bits per heavy atom. The van der Waals surface area contributed by atoms with Gasteiger partial charge in [-0.05, 0) is 38.3 Å². The number of halogens is 1. The lowest BCUT2D eigenvalue weighted by Gasteiger charge is -2.26. The molecule has 1 saturated heterocycles. The topological polar surface area (TPSA) is 20.3 Å². The number of hydrogen-bond acceptors (Lipinski definition) is 2. The summed E-state index contributed by atoms with van der Waals surface area (Å²) in [5, 5.41) is 0. The zero-order valence-electron chi connectivity index (χ0n) is 10.5. The summed E-state index contributed by atoms with van der Waals surface area (Å²) in [6.07, 6.45) is 1.09. The van der Waals surface area contributed by atoms with Crippen LogP contribution in [0.3, 0.4) is 0 Å². The molecule has 1 aromatic rings. The predicted octanol–water partition coefficient (Wildman–Crippen LogP) is 3.26. The quantitative estimate of drug-likeness (QED) is 0.733. The number of benzene rings is 1. The Hall–Kier alpha value is -1.38. The molecule has 2 nitrogen and oxygen atoms in total. The third-order valence-electron chi connectivity index (χ3n) is 3.44. The van der Waals surface area contributed by atoms with E-state index in [1.165, 1.54) is 13.0 Å². The number of hydrogen-bond donors (Lipinski definition) is 0. The Bertz CT molecular complexity index is 444. The summed E-state index contributed by atoms with van der Waals surface area (Å²) < 4.78 is 13.7. The molecule has 1 fully saturated rings. The highest BCUT2D eigenvalue weighted by atomic mass is 19.1. The van der Waals surface area contributed by atoms with Crippen molar-refractivity contribution < 1.29 is 9.18 Å². The number of carbonyl (C=O) groups is 1. The fourth-order valence-corrected chi connectivity index (χ4v) is 2.74. The molecule has 17 heavy (non-hydrogen) atoms. The lowest BCUT2D eigenvalue weighted by molar-refractivity contribution is 0.101. The first-order chi connectivity index (χ1) is 8.00. The Morgan fingerprint density at radius 2 is 2.12 bits per heavy atom. The van der Waals surface area contributed by atoms with Gasteiger partial charge in [0.2, 0.25) is 0 Å². The molecular weight excluding hydrogens is 217 g/mol. The van der Waals surface area contributed by atoms with Gasteiger partial charge in [-0.1, -0.05) is 13.0 Å². The Labute approximate surface area is 101 Å². The van der Waals surface area contributed by atoms with Gasteiger partial charge in [0.1, 0.15) is 5.82 Å². The van der Waals surface area contributed by atoms with E-state index < -0.39 is 5.82 Å². The molecule has 1 heterocycles. The molecule has 2 unspecified atom stereocenters. The highest BCUT2D eigenvalue weighted by Crippen LogP contribution is 2.32. The summed E-state index contributed by atoms with van der Waals surface area (Å²) >= 11 is 0. The summed E-state index contributed by atoms with van der Waals surface area (Å²) in [6, 6.07) is 5.23. The maximum absolute atomic E-state index is 13.7. The van der Waals surface area contributed by atoms with E-state index in [9.17, 15) is 9.18 Å². The molecule has 0 N–H and O–H groups in total. The van der Waals surface area contributed by atoms with Gasteiger partial charge in [0.05, 0.1) is 11.3 Å². The Kier molecular flexibility index (Phi) is 3.18. The third-order valence-corrected chi connectivity index (χ3v) is 3.44. The molecule has 0 aliphatic carbocycles. The molecule has 92 valence electrons. The zero-order chi connectivity index (χ0) is 12.6. The highest BCUT2D eigenvalue weighted by molar-refractivity contribution is 6.00. The average molecular weight is 235 g/mol. The molecule has 3 heteroatoms. The van der Waals surface area contributed by atoms with E-state index >= 15 is 0 Å². The van der Waals surface area contributed by atoms with Gasteiger partial charge in [-0.2, -0.15) is 0 Å². The highest BCUT2D eigenvalue weighted by Gasteiger charge is 2.29. The molecule has 2 rings (SSSR count). The largest absolute Gasteiger partial charge is 0.368 e. The first-order valence-electron chi connectivity index (χ1n) is 6.06. The second-order valence-electron chi connectivity index (χ2n) is 5.03. The lowest BCUT2D eigenvalue weighted by atomic mass is 10.1. The SMILES string of the molecule is CC(=O)c1c(F)cccc1N1CC(C)CC1C. The van der Waals surface area contributed by atoms with Gasteiger partial charge in [-0.25, -0.2) is 4.39 Å². The summed E-state index contributed by atoms with van der Waals surface area (Å²) in [5.74, 6) is -0.0281. The Morgan fingerprint density at radius 3 is 2.65 bits per heavy atom. The maximum Gasteiger partial charge on any atom is 0.164 e. The van der Waals surface area contributed by atoms with Gasteiger partial charge in [0, 0.05) is 12.6 Å². The van der Waals surface area contributed by atoms with Crippen molar-refractivity contribution in [2.45, 2.75) is 33.2 Å². The van der Waals surface area contributed by atoms with Crippen LogP contribution in [0.25, 0.3) is 0 Å². The third kappa shape index (κ3) is 2.19. The van der Waals surface area contributed by atoms with Gasteiger partial charge < -0.3 is 4.90 Å². The van der Waals surface area contributed by atoms with E-state index in [1.54, 1.807) is 6.07 Å². The molecule has 1 aliphatic rings. The van der Waals surface area contributed by atoms with Gasteiger partial charge >= 0.3 is 0 Å². The molecular formula is C14H18FNO. The van der Waals surface area contributed by atoms with Crippen molar-refractivity contribution in [3.8, 4) is 0 Å². The van der Waals surface area contributed by atoms with E-state index in [4.69, 9.17) is 0 Å². The van der Waals surface area contributed by atoms with Crippen LogP contribution >= 0.6 is 0 Å². The smallest absolute Gasteiger partial charge is 0.164 e. The number of nitrogens with zero attached hydrogens (tertiary/aromatic N) is 1.